The van der Waals surface area contributed by atoms with Crippen molar-refractivity contribution in [1.29, 1.82) is 0 Å². The molecule has 0 spiro atoms. The van der Waals surface area contributed by atoms with E-state index in [0.717, 1.165) is 0 Å². The molecule has 2 N–H and O–H groups in total. The molecular weight excluding hydrogens is 482 g/mol. The van der Waals surface area contributed by atoms with Crippen LogP contribution in [0.4, 0.5) is 4.79 Å². The van der Waals surface area contributed by atoms with Gasteiger partial charge in [-0.1, -0.05) is 40.7 Å². The maximum atomic E-state index is 12.6. The van der Waals surface area contributed by atoms with Crippen molar-refractivity contribution in [1.82, 2.24) is 0 Å². The first-order valence-corrected chi connectivity index (χ1v) is 12.5. The summed E-state index contributed by atoms with van der Waals surface area (Å²) in [5.41, 5.74) is 5.35. The molecule has 0 radical (unpaired) electrons. The molecule has 0 unspecified atom stereocenters. The Bertz CT molecular complexity index is 928. The third-order valence-corrected chi connectivity index (χ3v) is 5.36. The first kappa shape index (κ1) is 31.9. The summed E-state index contributed by atoms with van der Waals surface area (Å²) >= 11 is 0. The van der Waals surface area contributed by atoms with Gasteiger partial charge in [0.15, 0.2) is 11.5 Å². The highest BCUT2D eigenvalue weighted by Gasteiger charge is 2.36. The van der Waals surface area contributed by atoms with Gasteiger partial charge in [0.05, 0.1) is 13.7 Å². The minimum Gasteiger partial charge on any atom is -0.468 e. The Morgan fingerprint density at radius 3 is 2.00 bits per heavy atom. The summed E-state index contributed by atoms with van der Waals surface area (Å²) in [5, 5.41) is 0. The van der Waals surface area contributed by atoms with E-state index in [2.05, 4.69) is 0 Å². The predicted molar refractivity (Wildman–Crippen MR) is 136 cm³/mol. The highest BCUT2D eigenvalue weighted by atomic mass is 16.7. The van der Waals surface area contributed by atoms with E-state index >= 15 is 0 Å². The minimum atomic E-state index is -1.56. The lowest BCUT2D eigenvalue weighted by atomic mass is 9.88. The molecule has 2 atom stereocenters. The van der Waals surface area contributed by atoms with Crippen molar-refractivity contribution in [2.24, 2.45) is 17.6 Å². The van der Waals surface area contributed by atoms with Gasteiger partial charge in [-0.15, -0.1) is 0 Å². The largest absolute Gasteiger partial charge is 0.508 e. The zero-order chi connectivity index (χ0) is 28.2. The zero-order valence-electron chi connectivity index (χ0n) is 23.0. The van der Waals surface area contributed by atoms with E-state index in [9.17, 15) is 19.2 Å². The van der Waals surface area contributed by atoms with Crippen LogP contribution in [-0.2, 0) is 35.0 Å². The van der Waals surface area contributed by atoms with Crippen molar-refractivity contribution in [2.75, 3.05) is 13.7 Å². The number of carbonyl (C=O) groups excluding carboxylic acids is 4. The van der Waals surface area contributed by atoms with Gasteiger partial charge in [0.25, 0.3) is 0 Å². The van der Waals surface area contributed by atoms with Gasteiger partial charge in [0.2, 0.25) is 0 Å². The number of hydrogen-bond donors (Lipinski definition) is 1. The molecule has 0 saturated carbocycles. The second kappa shape index (κ2) is 15.2. The Kier molecular flexibility index (Phi) is 13.1. The van der Waals surface area contributed by atoms with Crippen LogP contribution in [0.5, 0.6) is 11.5 Å². The number of rotatable bonds is 14. The molecule has 1 rings (SSSR count). The Labute approximate surface area is 219 Å². The van der Waals surface area contributed by atoms with Gasteiger partial charge in [-0.3, -0.25) is 14.4 Å². The summed E-state index contributed by atoms with van der Waals surface area (Å²) in [5.74, 6) is -1.39. The van der Waals surface area contributed by atoms with Gasteiger partial charge < -0.3 is 29.4 Å². The molecule has 0 fully saturated rings. The molecule has 1 aromatic carbocycles. The molecule has 0 bridgehead atoms. The number of methoxy groups -OCH3 is 1. The highest BCUT2D eigenvalue weighted by molar-refractivity contribution is 5.81. The molecule has 0 amide bonds. The topological polar surface area (TPSA) is 140 Å². The Morgan fingerprint density at radius 2 is 1.49 bits per heavy atom. The predicted octanol–water partition coefficient (Wildman–Crippen LogP) is 4.34. The van der Waals surface area contributed by atoms with Gasteiger partial charge in [-0.25, -0.2) is 4.79 Å². The van der Waals surface area contributed by atoms with Crippen LogP contribution in [0.25, 0.3) is 0 Å². The second-order valence-electron chi connectivity index (χ2n) is 9.93. The van der Waals surface area contributed by atoms with Crippen LogP contribution in [0.15, 0.2) is 18.2 Å². The Hall–Kier alpha value is -3.14. The van der Waals surface area contributed by atoms with E-state index in [0.29, 0.717) is 12.0 Å². The van der Waals surface area contributed by atoms with Crippen LogP contribution in [-0.4, -0.2) is 49.4 Å². The monoisotopic (exact) mass is 523 g/mol. The lowest BCUT2D eigenvalue weighted by molar-refractivity contribution is -0.148. The first-order chi connectivity index (χ1) is 17.3. The fraction of sp³-hybridized carbons (Fsp3) is 0.630. The molecule has 0 heterocycles. The van der Waals surface area contributed by atoms with E-state index in [1.54, 1.807) is 13.0 Å². The highest BCUT2D eigenvalue weighted by Crippen LogP contribution is 2.31. The summed E-state index contributed by atoms with van der Waals surface area (Å²) < 4.78 is 26.0. The second-order valence-corrected chi connectivity index (χ2v) is 9.93. The lowest BCUT2D eigenvalue weighted by Crippen LogP contribution is -2.51. The lowest BCUT2D eigenvalue weighted by Gasteiger charge is -2.27. The number of ether oxygens (including phenoxy) is 5. The molecule has 208 valence electrons. The summed E-state index contributed by atoms with van der Waals surface area (Å²) in [6.07, 6.45) is -0.258. The van der Waals surface area contributed by atoms with E-state index in [-0.39, 0.29) is 61.7 Å². The number of carbonyl (C=O) groups is 4. The van der Waals surface area contributed by atoms with E-state index < -0.39 is 29.6 Å². The third-order valence-electron chi connectivity index (χ3n) is 5.36. The number of hydrogen-bond acceptors (Lipinski definition) is 10. The third kappa shape index (κ3) is 11.6. The van der Waals surface area contributed by atoms with Gasteiger partial charge in [-0.05, 0) is 42.9 Å². The van der Waals surface area contributed by atoms with Crippen LogP contribution in [0.1, 0.15) is 72.8 Å². The molecule has 0 saturated heterocycles. The maximum Gasteiger partial charge on any atom is 0.508 e. The van der Waals surface area contributed by atoms with Crippen LogP contribution in [0.3, 0.4) is 0 Å². The van der Waals surface area contributed by atoms with Gasteiger partial charge in [0.1, 0.15) is 11.6 Å². The zero-order valence-corrected chi connectivity index (χ0v) is 23.0. The minimum absolute atomic E-state index is 0.0294. The number of nitrogens with two attached hydrogens (primary N) is 1. The van der Waals surface area contributed by atoms with Crippen molar-refractivity contribution in [2.45, 2.75) is 85.3 Å². The quantitative estimate of drug-likeness (QED) is 0.276. The van der Waals surface area contributed by atoms with Crippen molar-refractivity contribution < 1.29 is 42.9 Å². The summed E-state index contributed by atoms with van der Waals surface area (Å²) in [6, 6.07) is 4.60. The molecule has 1 aromatic rings. The van der Waals surface area contributed by atoms with E-state index in [1.807, 2.05) is 34.6 Å². The molecule has 0 aliphatic carbocycles. The normalized spacial score (nSPS) is 13.5. The summed E-state index contributed by atoms with van der Waals surface area (Å²) in [4.78, 5) is 49.0. The Morgan fingerprint density at radius 1 is 0.919 bits per heavy atom. The van der Waals surface area contributed by atoms with Crippen molar-refractivity contribution >= 4 is 24.1 Å². The van der Waals surface area contributed by atoms with Crippen LogP contribution >= 0.6 is 0 Å². The van der Waals surface area contributed by atoms with Gasteiger partial charge >= 0.3 is 24.1 Å². The SMILES string of the molecule is CC[C@H](C)OC(=O)OCC[C@@](N)(Cc1ccc(OC(=O)CC(C)C)c(OC(=O)CC(C)C)c1)C(=O)OC. The van der Waals surface area contributed by atoms with Crippen molar-refractivity contribution in [3.05, 3.63) is 23.8 Å². The van der Waals surface area contributed by atoms with Crippen molar-refractivity contribution in [3.8, 4) is 11.5 Å². The average Bonchev–Trinajstić information content (AvgIpc) is 2.78. The van der Waals surface area contributed by atoms with Crippen LogP contribution in [0.2, 0.25) is 0 Å². The molecule has 0 aliphatic rings. The first-order valence-electron chi connectivity index (χ1n) is 12.5. The molecule has 10 heteroatoms. The smallest absolute Gasteiger partial charge is 0.468 e. The number of esters is 3. The van der Waals surface area contributed by atoms with Crippen molar-refractivity contribution in [3.63, 3.8) is 0 Å². The maximum absolute atomic E-state index is 12.6. The Balaban J connectivity index is 3.13. The van der Waals surface area contributed by atoms with Gasteiger partial charge in [0, 0.05) is 25.7 Å². The average molecular weight is 524 g/mol. The van der Waals surface area contributed by atoms with E-state index in [1.165, 1.54) is 19.2 Å². The van der Waals surface area contributed by atoms with Crippen LogP contribution < -0.4 is 15.2 Å². The fourth-order valence-corrected chi connectivity index (χ4v) is 3.25. The van der Waals surface area contributed by atoms with E-state index in [4.69, 9.17) is 29.4 Å². The molecule has 37 heavy (non-hydrogen) atoms. The molecule has 10 nitrogen and oxygen atoms in total. The summed E-state index contributed by atoms with van der Waals surface area (Å²) in [6.45, 7) is 10.9. The van der Waals surface area contributed by atoms with Gasteiger partial charge in [-0.2, -0.15) is 0 Å². The summed E-state index contributed by atoms with van der Waals surface area (Å²) in [7, 11) is 1.21. The molecule has 0 aliphatic heterocycles. The van der Waals surface area contributed by atoms with Crippen LogP contribution in [0, 0.1) is 11.8 Å². The number of benzene rings is 1. The standard InChI is InChI=1S/C27H41NO9/c1-8-19(6)35-26(32)34-12-11-27(28,25(31)33-7)16-20-9-10-21(36-23(29)13-17(2)3)22(15-20)37-24(30)14-18(4)5/h9-10,15,17-19H,8,11-14,16,28H2,1-7H3/t19-,27+/m0/s1. The molecular formula is C27H41NO9. The fourth-order valence-electron chi connectivity index (χ4n) is 3.25. The molecule has 0 aromatic heterocycles.